The summed E-state index contributed by atoms with van der Waals surface area (Å²) in [6, 6.07) is 0.761. The van der Waals surface area contributed by atoms with E-state index in [-0.39, 0.29) is 5.91 Å². The molecule has 2 rings (SSSR count). The fourth-order valence-corrected chi connectivity index (χ4v) is 3.94. The number of methoxy groups -OCH3 is 1. The van der Waals surface area contributed by atoms with Gasteiger partial charge in [-0.3, -0.25) is 4.79 Å². The lowest BCUT2D eigenvalue weighted by Crippen LogP contribution is -2.55. The number of carbonyl (C=O) groups excluding carboxylic acids is 1. The van der Waals surface area contributed by atoms with E-state index in [0.29, 0.717) is 24.1 Å². The van der Waals surface area contributed by atoms with Crippen LogP contribution in [0.5, 0.6) is 0 Å². The van der Waals surface area contributed by atoms with Gasteiger partial charge in [0.2, 0.25) is 5.91 Å². The molecule has 1 saturated carbocycles. The summed E-state index contributed by atoms with van der Waals surface area (Å²) in [6.45, 7) is 11.2. The molecule has 0 spiro atoms. The predicted octanol–water partition coefficient (Wildman–Crippen LogP) is 2.82. The van der Waals surface area contributed by atoms with Crippen LogP contribution in [-0.2, 0) is 9.53 Å². The summed E-state index contributed by atoms with van der Waals surface area (Å²) >= 11 is 0. The van der Waals surface area contributed by atoms with Crippen LogP contribution in [0.1, 0.15) is 59.8 Å². The van der Waals surface area contributed by atoms with Gasteiger partial charge in [-0.15, -0.1) is 0 Å². The van der Waals surface area contributed by atoms with Crippen molar-refractivity contribution in [2.45, 2.75) is 71.9 Å². The summed E-state index contributed by atoms with van der Waals surface area (Å²) in [5.41, 5.74) is -0.00844. The van der Waals surface area contributed by atoms with Crippen molar-refractivity contribution in [1.29, 1.82) is 0 Å². The Balaban J connectivity index is 2.14. The van der Waals surface area contributed by atoms with Crippen molar-refractivity contribution in [3.63, 3.8) is 0 Å². The maximum absolute atomic E-state index is 13.2. The summed E-state index contributed by atoms with van der Waals surface area (Å²) in [6.07, 6.45) is 5.78. The number of hydrogen-bond acceptors (Lipinski definition) is 3. The van der Waals surface area contributed by atoms with Crippen molar-refractivity contribution in [2.24, 2.45) is 10.8 Å². The normalized spacial score (nSPS) is 26.1. The molecule has 0 aromatic rings. The first-order valence-corrected chi connectivity index (χ1v) is 8.79. The molecule has 1 N–H and O–H groups in total. The second-order valence-electron chi connectivity index (χ2n) is 8.57. The highest BCUT2D eigenvalue weighted by molar-refractivity contribution is 5.82. The summed E-state index contributed by atoms with van der Waals surface area (Å²) < 4.78 is 5.30. The van der Waals surface area contributed by atoms with E-state index in [1.165, 1.54) is 12.8 Å². The van der Waals surface area contributed by atoms with E-state index in [1.54, 1.807) is 7.11 Å². The fraction of sp³-hybridized carbons (Fsp3) is 0.944. The average Bonchev–Trinajstić information content (AvgIpc) is 2.94. The summed E-state index contributed by atoms with van der Waals surface area (Å²) in [4.78, 5) is 15.5. The van der Waals surface area contributed by atoms with E-state index < -0.39 is 5.41 Å². The number of amides is 1. The SMILES string of the molecule is COCC(C)(C)C(=O)N(C1CCC(C)(C)CC1)C1CCNC1. The molecule has 4 heteroatoms. The standard InChI is InChI=1S/C18H34N2O2/c1-17(2)9-6-14(7-10-17)20(15-8-11-19-12-15)16(21)18(3,4)13-22-5/h14-15,19H,6-13H2,1-5H3. The largest absolute Gasteiger partial charge is 0.384 e. The van der Waals surface area contributed by atoms with Crippen LogP contribution in [0.15, 0.2) is 0 Å². The zero-order valence-corrected chi connectivity index (χ0v) is 15.1. The van der Waals surface area contributed by atoms with E-state index in [1.807, 2.05) is 13.8 Å². The minimum absolute atomic E-state index is 0.271. The number of hydrogen-bond donors (Lipinski definition) is 1. The van der Waals surface area contributed by atoms with Crippen LogP contribution >= 0.6 is 0 Å². The molecular weight excluding hydrogens is 276 g/mol. The highest BCUT2D eigenvalue weighted by atomic mass is 16.5. The maximum atomic E-state index is 13.2. The molecule has 0 bridgehead atoms. The molecule has 1 unspecified atom stereocenters. The third-order valence-corrected chi connectivity index (χ3v) is 5.45. The van der Waals surface area contributed by atoms with Crippen LogP contribution in [0, 0.1) is 10.8 Å². The Labute approximate surface area is 136 Å². The van der Waals surface area contributed by atoms with Crippen molar-refractivity contribution in [1.82, 2.24) is 10.2 Å². The lowest BCUT2D eigenvalue weighted by Gasteiger charge is -2.45. The van der Waals surface area contributed by atoms with Gasteiger partial charge >= 0.3 is 0 Å². The molecule has 1 amide bonds. The van der Waals surface area contributed by atoms with Gasteiger partial charge in [0.1, 0.15) is 0 Å². The highest BCUT2D eigenvalue weighted by Gasteiger charge is 2.41. The van der Waals surface area contributed by atoms with Gasteiger partial charge in [0.05, 0.1) is 12.0 Å². The lowest BCUT2D eigenvalue weighted by atomic mass is 9.74. The number of carbonyl (C=O) groups is 1. The Bertz CT molecular complexity index is 377. The Hall–Kier alpha value is -0.610. The van der Waals surface area contributed by atoms with Crippen LogP contribution in [0.3, 0.4) is 0 Å². The molecule has 1 saturated heterocycles. The van der Waals surface area contributed by atoms with Crippen molar-refractivity contribution >= 4 is 5.91 Å². The number of nitrogens with zero attached hydrogens (tertiary/aromatic N) is 1. The van der Waals surface area contributed by atoms with Gasteiger partial charge in [-0.05, 0) is 57.9 Å². The van der Waals surface area contributed by atoms with Crippen molar-refractivity contribution in [3.8, 4) is 0 Å². The van der Waals surface area contributed by atoms with Crippen molar-refractivity contribution < 1.29 is 9.53 Å². The van der Waals surface area contributed by atoms with Gasteiger partial charge in [0.15, 0.2) is 0 Å². The predicted molar refractivity (Wildman–Crippen MR) is 89.8 cm³/mol. The molecule has 1 atom stereocenters. The van der Waals surface area contributed by atoms with Gasteiger partial charge in [0, 0.05) is 25.7 Å². The molecule has 0 aromatic heterocycles. The summed E-state index contributed by atoms with van der Waals surface area (Å²) in [7, 11) is 1.68. The van der Waals surface area contributed by atoms with E-state index in [2.05, 4.69) is 24.1 Å². The summed E-state index contributed by atoms with van der Waals surface area (Å²) in [5, 5.41) is 3.42. The highest BCUT2D eigenvalue weighted by Crippen LogP contribution is 2.39. The van der Waals surface area contributed by atoms with Crippen molar-refractivity contribution in [2.75, 3.05) is 26.8 Å². The minimum atomic E-state index is -0.440. The molecule has 4 nitrogen and oxygen atoms in total. The van der Waals surface area contributed by atoms with Gasteiger partial charge in [-0.2, -0.15) is 0 Å². The first-order chi connectivity index (χ1) is 10.3. The molecule has 128 valence electrons. The second kappa shape index (κ2) is 6.88. The smallest absolute Gasteiger partial charge is 0.231 e. The van der Waals surface area contributed by atoms with Gasteiger partial charge in [-0.25, -0.2) is 0 Å². The van der Waals surface area contributed by atoms with Gasteiger partial charge in [0.25, 0.3) is 0 Å². The quantitative estimate of drug-likeness (QED) is 0.849. The Morgan fingerprint density at radius 2 is 1.86 bits per heavy atom. The zero-order valence-electron chi connectivity index (χ0n) is 15.1. The lowest BCUT2D eigenvalue weighted by molar-refractivity contribution is -0.149. The molecular formula is C18H34N2O2. The Morgan fingerprint density at radius 1 is 1.23 bits per heavy atom. The molecule has 22 heavy (non-hydrogen) atoms. The molecule has 0 radical (unpaired) electrons. The molecule has 0 aromatic carbocycles. The topological polar surface area (TPSA) is 41.6 Å². The van der Waals surface area contributed by atoms with E-state index in [4.69, 9.17) is 4.74 Å². The third kappa shape index (κ3) is 4.02. The van der Waals surface area contributed by atoms with E-state index >= 15 is 0 Å². The Kier molecular flexibility index (Phi) is 5.54. The van der Waals surface area contributed by atoms with Crippen LogP contribution in [0.25, 0.3) is 0 Å². The van der Waals surface area contributed by atoms with Crippen LogP contribution in [-0.4, -0.2) is 49.7 Å². The number of rotatable bonds is 5. The average molecular weight is 310 g/mol. The fourth-order valence-electron chi connectivity index (χ4n) is 3.94. The molecule has 1 aliphatic carbocycles. The van der Waals surface area contributed by atoms with Gasteiger partial charge in [-0.1, -0.05) is 13.8 Å². The van der Waals surface area contributed by atoms with Crippen LogP contribution in [0.2, 0.25) is 0 Å². The molecule has 2 fully saturated rings. The molecule has 2 aliphatic rings. The van der Waals surface area contributed by atoms with Crippen LogP contribution < -0.4 is 5.32 Å². The van der Waals surface area contributed by atoms with E-state index in [0.717, 1.165) is 32.4 Å². The second-order valence-corrected chi connectivity index (χ2v) is 8.57. The minimum Gasteiger partial charge on any atom is -0.384 e. The van der Waals surface area contributed by atoms with Gasteiger partial charge < -0.3 is 15.0 Å². The summed E-state index contributed by atoms with van der Waals surface area (Å²) in [5.74, 6) is 0.271. The van der Waals surface area contributed by atoms with E-state index in [9.17, 15) is 4.79 Å². The third-order valence-electron chi connectivity index (χ3n) is 5.45. The zero-order chi connectivity index (χ0) is 16.4. The maximum Gasteiger partial charge on any atom is 0.231 e. The first kappa shape index (κ1) is 17.7. The van der Waals surface area contributed by atoms with Crippen molar-refractivity contribution in [3.05, 3.63) is 0 Å². The first-order valence-electron chi connectivity index (χ1n) is 8.79. The molecule has 1 heterocycles. The molecule has 1 aliphatic heterocycles. The number of nitrogens with one attached hydrogen (secondary N) is 1. The number of ether oxygens (including phenoxy) is 1. The monoisotopic (exact) mass is 310 g/mol. The Morgan fingerprint density at radius 3 is 2.36 bits per heavy atom. The van der Waals surface area contributed by atoms with Crippen LogP contribution in [0.4, 0.5) is 0 Å².